The van der Waals surface area contributed by atoms with Crippen LogP contribution < -0.4 is 0 Å². The van der Waals surface area contributed by atoms with Gasteiger partial charge < -0.3 is 0 Å². The third-order valence-corrected chi connectivity index (χ3v) is 9.60. The normalized spacial score (nSPS) is 31.5. The SMILES string of the molecule is CCPSC1CCC(SP)CCCC(C(C)C)C1. The molecule has 1 rings (SSSR count). The highest BCUT2D eigenvalue weighted by Crippen LogP contribution is 2.42. The van der Waals surface area contributed by atoms with Crippen molar-refractivity contribution in [3.8, 4) is 0 Å². The van der Waals surface area contributed by atoms with E-state index >= 15 is 0 Å². The van der Waals surface area contributed by atoms with Crippen LogP contribution >= 0.6 is 39.0 Å². The fourth-order valence-electron chi connectivity index (χ4n) is 2.75. The Hall–Kier alpha value is 1.56. The Morgan fingerprint density at radius 3 is 2.50 bits per heavy atom. The molecular formula is C14H30P2S2. The molecular weight excluding hydrogens is 294 g/mol. The van der Waals surface area contributed by atoms with E-state index in [0.29, 0.717) is 0 Å². The van der Waals surface area contributed by atoms with E-state index in [1.54, 1.807) is 0 Å². The van der Waals surface area contributed by atoms with Crippen LogP contribution in [0.1, 0.15) is 59.3 Å². The lowest BCUT2D eigenvalue weighted by Crippen LogP contribution is -2.15. The van der Waals surface area contributed by atoms with Crippen LogP contribution in [0.2, 0.25) is 0 Å². The molecule has 1 aliphatic rings. The molecule has 0 saturated heterocycles. The summed E-state index contributed by atoms with van der Waals surface area (Å²) in [5.74, 6) is 1.84. The van der Waals surface area contributed by atoms with Crippen molar-refractivity contribution in [2.45, 2.75) is 69.8 Å². The van der Waals surface area contributed by atoms with Crippen LogP contribution in [-0.2, 0) is 0 Å². The summed E-state index contributed by atoms with van der Waals surface area (Å²) >= 11 is 4.30. The monoisotopic (exact) mass is 324 g/mol. The van der Waals surface area contributed by atoms with E-state index in [9.17, 15) is 0 Å². The molecule has 5 atom stereocenters. The molecule has 4 heteroatoms. The van der Waals surface area contributed by atoms with Gasteiger partial charge in [0, 0.05) is 10.5 Å². The first-order valence-electron chi connectivity index (χ1n) is 7.41. The standard InChI is InChI=1S/C14H30P2S2/c1-4-16-18-14-9-8-13(17-15)7-5-6-12(10-14)11(2)3/h11-14,16H,4-10,15H2,1-3H3. The predicted octanol–water partition coefficient (Wildman–Crippen LogP) is 6.22. The van der Waals surface area contributed by atoms with Crippen molar-refractivity contribution in [2.24, 2.45) is 11.8 Å². The third-order valence-electron chi connectivity index (χ3n) is 4.01. The van der Waals surface area contributed by atoms with Crippen LogP contribution in [0.5, 0.6) is 0 Å². The van der Waals surface area contributed by atoms with Gasteiger partial charge in [0.05, 0.1) is 0 Å². The molecule has 1 saturated carbocycles. The Bertz CT molecular complexity index is 212. The zero-order valence-electron chi connectivity index (χ0n) is 12.2. The van der Waals surface area contributed by atoms with Crippen molar-refractivity contribution in [2.75, 3.05) is 6.16 Å². The van der Waals surface area contributed by atoms with Crippen LogP contribution in [0.15, 0.2) is 0 Å². The molecule has 0 aromatic carbocycles. The van der Waals surface area contributed by atoms with E-state index in [0.717, 1.165) is 30.1 Å². The second-order valence-corrected chi connectivity index (χ2v) is 11.0. The lowest BCUT2D eigenvalue weighted by Gasteiger charge is -2.25. The molecule has 18 heavy (non-hydrogen) atoms. The zero-order chi connectivity index (χ0) is 13.4. The number of rotatable bonds is 5. The van der Waals surface area contributed by atoms with Crippen LogP contribution in [0.4, 0.5) is 0 Å². The second-order valence-electron chi connectivity index (χ2n) is 5.74. The van der Waals surface area contributed by atoms with Gasteiger partial charge in [-0.3, -0.25) is 0 Å². The van der Waals surface area contributed by atoms with E-state index in [2.05, 4.69) is 40.6 Å². The molecule has 0 aromatic rings. The van der Waals surface area contributed by atoms with Crippen LogP contribution in [0.3, 0.4) is 0 Å². The summed E-state index contributed by atoms with van der Waals surface area (Å²) in [5.41, 5.74) is 0. The van der Waals surface area contributed by atoms with E-state index in [4.69, 9.17) is 0 Å². The summed E-state index contributed by atoms with van der Waals surface area (Å²) < 4.78 is 0. The van der Waals surface area contributed by atoms with Gasteiger partial charge in [0.15, 0.2) is 0 Å². The molecule has 0 amide bonds. The van der Waals surface area contributed by atoms with Gasteiger partial charge in [-0.2, -0.15) is 0 Å². The van der Waals surface area contributed by atoms with Crippen molar-refractivity contribution in [1.82, 2.24) is 0 Å². The highest BCUT2D eigenvalue weighted by atomic mass is 32.7. The second kappa shape index (κ2) is 10.3. The lowest BCUT2D eigenvalue weighted by atomic mass is 9.87. The smallest absolute Gasteiger partial charge is 0.00891 e. The molecule has 0 nitrogen and oxygen atoms in total. The van der Waals surface area contributed by atoms with Gasteiger partial charge in [0.1, 0.15) is 0 Å². The molecule has 0 radical (unpaired) electrons. The molecule has 108 valence electrons. The zero-order valence-corrected chi connectivity index (χ0v) is 15.9. The van der Waals surface area contributed by atoms with Gasteiger partial charge in [-0.1, -0.05) is 49.8 Å². The van der Waals surface area contributed by atoms with Crippen molar-refractivity contribution in [3.63, 3.8) is 0 Å². The Kier molecular flexibility index (Phi) is 10.1. The van der Waals surface area contributed by atoms with E-state index in [1.165, 1.54) is 44.7 Å². The minimum absolute atomic E-state index is 0.873. The third kappa shape index (κ3) is 6.83. The summed E-state index contributed by atoms with van der Waals surface area (Å²) in [5, 5.41) is 1.84. The van der Waals surface area contributed by atoms with Gasteiger partial charge >= 0.3 is 0 Å². The maximum Gasteiger partial charge on any atom is 0.00891 e. The Morgan fingerprint density at radius 2 is 1.89 bits per heavy atom. The number of hydrogen-bond acceptors (Lipinski definition) is 2. The molecule has 0 heterocycles. The lowest BCUT2D eigenvalue weighted by molar-refractivity contribution is 0.328. The highest BCUT2D eigenvalue weighted by Gasteiger charge is 2.23. The van der Waals surface area contributed by atoms with E-state index in [-0.39, 0.29) is 0 Å². The fraction of sp³-hybridized carbons (Fsp3) is 1.00. The molecule has 1 aliphatic carbocycles. The van der Waals surface area contributed by atoms with E-state index in [1.807, 2.05) is 11.4 Å². The average molecular weight is 324 g/mol. The Balaban J connectivity index is 2.55. The molecule has 0 spiro atoms. The molecule has 5 unspecified atom stereocenters. The molecule has 0 bridgehead atoms. The van der Waals surface area contributed by atoms with Crippen molar-refractivity contribution < 1.29 is 0 Å². The van der Waals surface area contributed by atoms with Gasteiger partial charge in [-0.25, -0.2) is 0 Å². The first-order chi connectivity index (χ1) is 8.67. The van der Waals surface area contributed by atoms with Gasteiger partial charge in [-0.15, -0.1) is 22.8 Å². The summed E-state index contributed by atoms with van der Waals surface area (Å²) in [7, 11) is 4.01. The fourth-order valence-corrected chi connectivity index (χ4v) is 6.99. The van der Waals surface area contributed by atoms with Crippen molar-refractivity contribution >= 4 is 39.0 Å². The topological polar surface area (TPSA) is 0 Å². The maximum atomic E-state index is 2.89. The van der Waals surface area contributed by atoms with Crippen LogP contribution in [-0.4, -0.2) is 16.7 Å². The van der Waals surface area contributed by atoms with Crippen LogP contribution in [0, 0.1) is 11.8 Å². The van der Waals surface area contributed by atoms with Gasteiger partial charge in [-0.05, 0) is 43.7 Å². The Labute approximate surface area is 126 Å². The molecule has 1 fully saturated rings. The Morgan fingerprint density at radius 1 is 1.17 bits per heavy atom. The van der Waals surface area contributed by atoms with Gasteiger partial charge in [0.25, 0.3) is 0 Å². The predicted molar refractivity (Wildman–Crippen MR) is 97.4 cm³/mol. The molecule has 0 N–H and O–H groups in total. The minimum Gasteiger partial charge on any atom is -0.138 e. The quantitative estimate of drug-likeness (QED) is 0.551. The van der Waals surface area contributed by atoms with Crippen LogP contribution in [0.25, 0.3) is 0 Å². The largest absolute Gasteiger partial charge is 0.138 e. The molecule has 0 aliphatic heterocycles. The summed E-state index contributed by atoms with van der Waals surface area (Å²) in [6.07, 6.45) is 10.1. The molecule has 0 aromatic heterocycles. The van der Waals surface area contributed by atoms with Crippen molar-refractivity contribution in [3.05, 3.63) is 0 Å². The summed E-state index contributed by atoms with van der Waals surface area (Å²) in [6.45, 7) is 7.17. The maximum absolute atomic E-state index is 2.89. The van der Waals surface area contributed by atoms with Gasteiger partial charge in [0.2, 0.25) is 0 Å². The first-order valence-corrected chi connectivity index (χ1v) is 12.6. The summed E-state index contributed by atoms with van der Waals surface area (Å²) in [6, 6.07) is 0. The average Bonchev–Trinajstić information content (AvgIpc) is 2.46. The van der Waals surface area contributed by atoms with E-state index < -0.39 is 0 Å². The minimum atomic E-state index is 0.873. The highest BCUT2D eigenvalue weighted by molar-refractivity contribution is 8.49. The van der Waals surface area contributed by atoms with Crippen molar-refractivity contribution in [1.29, 1.82) is 0 Å². The summed E-state index contributed by atoms with van der Waals surface area (Å²) in [4.78, 5) is 0. The first kappa shape index (κ1) is 17.6. The number of hydrogen-bond donors (Lipinski definition) is 0.